The van der Waals surface area contributed by atoms with Crippen molar-refractivity contribution < 1.29 is 8.42 Å². The molecule has 35 heavy (non-hydrogen) atoms. The van der Waals surface area contributed by atoms with Gasteiger partial charge < -0.3 is 10.6 Å². The Labute approximate surface area is 208 Å². The lowest BCUT2D eigenvalue weighted by atomic mass is 9.92. The number of halogens is 1. The van der Waals surface area contributed by atoms with Crippen LogP contribution in [0.5, 0.6) is 0 Å². The van der Waals surface area contributed by atoms with Crippen LogP contribution in [-0.2, 0) is 23.0 Å². The van der Waals surface area contributed by atoms with Gasteiger partial charge in [-0.05, 0) is 61.3 Å². The van der Waals surface area contributed by atoms with Gasteiger partial charge in [0.25, 0.3) is 10.0 Å². The van der Waals surface area contributed by atoms with E-state index in [4.69, 9.17) is 17.3 Å². The lowest BCUT2D eigenvalue weighted by Crippen LogP contribution is -2.27. The first-order valence-corrected chi connectivity index (χ1v) is 12.8. The quantitative estimate of drug-likeness (QED) is 0.421. The second kappa shape index (κ2) is 8.95. The van der Waals surface area contributed by atoms with Gasteiger partial charge in [0.15, 0.2) is 11.6 Å². The number of aromatic nitrogens is 4. The molecule has 0 bridgehead atoms. The first-order chi connectivity index (χ1) is 16.7. The maximum Gasteiger partial charge on any atom is 0.265 e. The number of para-hydroxylation sites is 1. The predicted molar refractivity (Wildman–Crippen MR) is 136 cm³/mol. The van der Waals surface area contributed by atoms with Gasteiger partial charge in [-0.15, -0.1) is 0 Å². The number of likely N-dealkylation sites (N-methyl/N-ethyl adjacent to an activating group) is 1. The molecule has 2 aromatic heterocycles. The maximum absolute atomic E-state index is 12.9. The van der Waals surface area contributed by atoms with Crippen LogP contribution in [0.25, 0.3) is 17.1 Å². The molecule has 0 aliphatic carbocycles. The van der Waals surface area contributed by atoms with Gasteiger partial charge in [-0.1, -0.05) is 23.7 Å². The standard InChI is InChI=1S/C24H24ClN7O2S/c1-15-9-16(10-17-13-31(2)8-7-19(15)17)22-12-27-23(26)24(29-22)32-14-18(11-28-32)35(33,34)30-21-6-4-3-5-20(21)25/h3-6,9-12,14,30H,7-8,13H2,1-2H3,(H2,26,27). The summed E-state index contributed by atoms with van der Waals surface area (Å²) < 4.78 is 29.5. The Balaban J connectivity index is 1.48. The number of nitrogens with two attached hydrogens (primary N) is 1. The number of anilines is 2. The van der Waals surface area contributed by atoms with Crippen LogP contribution in [0.15, 0.2) is 59.9 Å². The van der Waals surface area contributed by atoms with Crippen LogP contribution in [0.2, 0.25) is 5.02 Å². The molecule has 0 amide bonds. The monoisotopic (exact) mass is 509 g/mol. The number of nitrogens with zero attached hydrogens (tertiary/aromatic N) is 5. The zero-order valence-corrected chi connectivity index (χ0v) is 20.8. The van der Waals surface area contributed by atoms with Gasteiger partial charge in [0, 0.05) is 18.7 Å². The van der Waals surface area contributed by atoms with E-state index < -0.39 is 10.0 Å². The molecule has 3 heterocycles. The molecule has 0 spiro atoms. The second-order valence-electron chi connectivity index (χ2n) is 8.59. The highest BCUT2D eigenvalue weighted by Crippen LogP contribution is 2.29. The van der Waals surface area contributed by atoms with E-state index in [9.17, 15) is 8.42 Å². The Morgan fingerprint density at radius 1 is 1.17 bits per heavy atom. The Bertz CT molecular complexity index is 1530. The van der Waals surface area contributed by atoms with Crippen molar-refractivity contribution in [3.63, 3.8) is 0 Å². The van der Waals surface area contributed by atoms with E-state index in [0.29, 0.717) is 5.69 Å². The largest absolute Gasteiger partial charge is 0.381 e. The Kier molecular flexibility index (Phi) is 5.96. The average molecular weight is 510 g/mol. The second-order valence-corrected chi connectivity index (χ2v) is 10.7. The number of nitrogens with one attached hydrogen (secondary N) is 1. The van der Waals surface area contributed by atoms with Crippen LogP contribution in [0.4, 0.5) is 11.5 Å². The topological polar surface area (TPSA) is 119 Å². The number of fused-ring (bicyclic) bond motifs is 1. The summed E-state index contributed by atoms with van der Waals surface area (Å²) in [7, 11) is -1.82. The Morgan fingerprint density at radius 3 is 2.77 bits per heavy atom. The van der Waals surface area contributed by atoms with Crippen LogP contribution in [0.3, 0.4) is 0 Å². The van der Waals surface area contributed by atoms with E-state index in [1.54, 1.807) is 30.5 Å². The molecule has 11 heteroatoms. The van der Waals surface area contributed by atoms with E-state index in [-0.39, 0.29) is 27.2 Å². The fourth-order valence-electron chi connectivity index (χ4n) is 4.21. The summed E-state index contributed by atoms with van der Waals surface area (Å²) in [4.78, 5) is 11.2. The molecule has 1 aliphatic rings. The third-order valence-corrected chi connectivity index (χ3v) is 7.68. The number of hydrogen-bond donors (Lipinski definition) is 2. The van der Waals surface area contributed by atoms with E-state index in [1.165, 1.54) is 33.8 Å². The lowest BCUT2D eigenvalue weighted by Gasteiger charge is -2.27. The van der Waals surface area contributed by atoms with E-state index in [0.717, 1.165) is 25.1 Å². The van der Waals surface area contributed by atoms with Crippen LogP contribution < -0.4 is 10.5 Å². The minimum atomic E-state index is -3.93. The SMILES string of the molecule is Cc1cc(-c2cnc(N)c(-n3cc(S(=O)(=O)Nc4ccccc4Cl)cn3)n2)cc2c1CCN(C)C2. The molecule has 1 aliphatic heterocycles. The molecule has 0 atom stereocenters. The maximum atomic E-state index is 12.9. The molecule has 3 N–H and O–H groups in total. The molecule has 5 rings (SSSR count). The van der Waals surface area contributed by atoms with Gasteiger partial charge in [-0.3, -0.25) is 4.72 Å². The van der Waals surface area contributed by atoms with Gasteiger partial charge in [0.05, 0.1) is 35.0 Å². The molecular weight excluding hydrogens is 486 g/mol. The van der Waals surface area contributed by atoms with Crippen molar-refractivity contribution in [2.24, 2.45) is 0 Å². The van der Waals surface area contributed by atoms with Gasteiger partial charge >= 0.3 is 0 Å². The highest BCUT2D eigenvalue weighted by atomic mass is 35.5. The predicted octanol–water partition coefficient (Wildman–Crippen LogP) is 3.66. The van der Waals surface area contributed by atoms with Crippen molar-refractivity contribution in [2.45, 2.75) is 24.8 Å². The molecule has 0 saturated carbocycles. The first kappa shape index (κ1) is 23.3. The lowest BCUT2D eigenvalue weighted by molar-refractivity contribution is 0.312. The number of rotatable bonds is 5. The Hall–Kier alpha value is -3.47. The number of nitrogen functional groups attached to an aromatic ring is 1. The van der Waals surface area contributed by atoms with Crippen molar-refractivity contribution in [2.75, 3.05) is 24.0 Å². The molecule has 0 radical (unpaired) electrons. The fraction of sp³-hybridized carbons (Fsp3) is 0.208. The summed E-state index contributed by atoms with van der Waals surface area (Å²) in [6.07, 6.45) is 5.21. The van der Waals surface area contributed by atoms with Crippen LogP contribution in [-0.4, -0.2) is 46.7 Å². The highest BCUT2D eigenvalue weighted by Gasteiger charge is 2.21. The molecule has 0 saturated heterocycles. The Morgan fingerprint density at radius 2 is 1.97 bits per heavy atom. The minimum Gasteiger partial charge on any atom is -0.381 e. The van der Waals surface area contributed by atoms with E-state index in [1.807, 2.05) is 0 Å². The summed E-state index contributed by atoms with van der Waals surface area (Å²) in [5.41, 5.74) is 11.8. The highest BCUT2D eigenvalue weighted by molar-refractivity contribution is 7.92. The van der Waals surface area contributed by atoms with Crippen molar-refractivity contribution in [1.82, 2.24) is 24.6 Å². The molecule has 9 nitrogen and oxygen atoms in total. The van der Waals surface area contributed by atoms with Crippen LogP contribution in [0, 0.1) is 6.92 Å². The zero-order chi connectivity index (χ0) is 24.7. The number of aryl methyl sites for hydroxylation is 1. The van der Waals surface area contributed by atoms with Crippen LogP contribution in [0.1, 0.15) is 16.7 Å². The van der Waals surface area contributed by atoms with Gasteiger partial charge in [0.2, 0.25) is 0 Å². The molecule has 180 valence electrons. The van der Waals surface area contributed by atoms with Crippen molar-refractivity contribution >= 4 is 33.1 Å². The molecular formula is C24H24ClN7O2S. The molecule has 0 fully saturated rings. The van der Waals surface area contributed by atoms with Gasteiger partial charge in [-0.2, -0.15) is 5.10 Å². The molecule has 2 aromatic carbocycles. The normalized spacial score (nSPS) is 14.0. The molecule has 4 aromatic rings. The van der Waals surface area contributed by atoms with E-state index in [2.05, 4.69) is 50.8 Å². The third kappa shape index (κ3) is 4.60. The third-order valence-electron chi connectivity index (χ3n) is 6.03. The van der Waals surface area contributed by atoms with Crippen molar-refractivity contribution in [3.05, 3.63) is 76.7 Å². The van der Waals surface area contributed by atoms with Gasteiger partial charge in [-0.25, -0.2) is 23.1 Å². The fourth-order valence-corrected chi connectivity index (χ4v) is 5.46. The number of sulfonamides is 1. The summed E-state index contributed by atoms with van der Waals surface area (Å²) in [5, 5.41) is 4.48. The van der Waals surface area contributed by atoms with Crippen molar-refractivity contribution in [1.29, 1.82) is 0 Å². The number of benzene rings is 2. The summed E-state index contributed by atoms with van der Waals surface area (Å²) in [5.74, 6) is 0.378. The minimum absolute atomic E-state index is 0.0586. The summed E-state index contributed by atoms with van der Waals surface area (Å²) in [6.45, 7) is 4.02. The first-order valence-electron chi connectivity index (χ1n) is 11.0. The van der Waals surface area contributed by atoms with Gasteiger partial charge in [0.1, 0.15) is 4.90 Å². The summed E-state index contributed by atoms with van der Waals surface area (Å²) >= 11 is 6.09. The zero-order valence-electron chi connectivity index (χ0n) is 19.2. The summed E-state index contributed by atoms with van der Waals surface area (Å²) in [6, 6.07) is 10.8. The van der Waals surface area contributed by atoms with E-state index >= 15 is 0 Å². The van der Waals surface area contributed by atoms with Crippen LogP contribution >= 0.6 is 11.6 Å². The number of hydrogen-bond acceptors (Lipinski definition) is 7. The smallest absolute Gasteiger partial charge is 0.265 e. The van der Waals surface area contributed by atoms with Crippen molar-refractivity contribution in [3.8, 4) is 17.1 Å². The molecule has 0 unspecified atom stereocenters. The average Bonchev–Trinajstić information content (AvgIpc) is 3.32.